The average molecular weight is 273 g/mol. The van der Waals surface area contributed by atoms with Crippen LogP contribution < -0.4 is 10.5 Å². The van der Waals surface area contributed by atoms with Crippen molar-refractivity contribution < 1.29 is 14.6 Å². The largest absolute Gasteiger partial charge is 0.497 e. The van der Waals surface area contributed by atoms with Crippen LogP contribution in [0.4, 0.5) is 0 Å². The Hall–Kier alpha value is -2.07. The second-order valence-corrected chi connectivity index (χ2v) is 4.79. The highest BCUT2D eigenvalue weighted by Gasteiger charge is 2.19. The summed E-state index contributed by atoms with van der Waals surface area (Å²) in [6.45, 7) is 0.508. The fourth-order valence-corrected chi connectivity index (χ4v) is 2.34. The molecule has 0 amide bonds. The topological polar surface area (TPSA) is 72.5 Å². The van der Waals surface area contributed by atoms with Gasteiger partial charge in [0.15, 0.2) is 0 Å². The van der Waals surface area contributed by atoms with Gasteiger partial charge in [-0.25, -0.2) is 0 Å². The lowest BCUT2D eigenvalue weighted by atomic mass is 9.92. The molecular formula is C16H19NO3. The molecule has 0 fully saturated rings. The van der Waals surface area contributed by atoms with Crippen molar-refractivity contribution in [1.29, 1.82) is 0 Å². The maximum atomic E-state index is 11.4. The summed E-state index contributed by atoms with van der Waals surface area (Å²) in [7, 11) is 1.63. The summed E-state index contributed by atoms with van der Waals surface area (Å²) in [5, 5.41) is 11.4. The number of fused-ring (bicyclic) bond motifs is 1. The summed E-state index contributed by atoms with van der Waals surface area (Å²) in [5.74, 6) is -0.500. The Bertz CT molecular complexity index is 610. The van der Waals surface area contributed by atoms with E-state index >= 15 is 0 Å². The summed E-state index contributed by atoms with van der Waals surface area (Å²) in [4.78, 5) is 11.4. The van der Waals surface area contributed by atoms with Crippen molar-refractivity contribution in [2.24, 2.45) is 5.73 Å². The minimum Gasteiger partial charge on any atom is -0.497 e. The van der Waals surface area contributed by atoms with Gasteiger partial charge in [0, 0.05) is 0 Å². The highest BCUT2D eigenvalue weighted by molar-refractivity contribution is 5.86. The molecule has 0 aliphatic heterocycles. The Labute approximate surface area is 118 Å². The molecule has 2 aromatic carbocycles. The number of carboxylic acid groups (broad SMARTS) is 1. The monoisotopic (exact) mass is 273 g/mol. The van der Waals surface area contributed by atoms with Gasteiger partial charge in [-0.2, -0.15) is 0 Å². The maximum absolute atomic E-state index is 11.4. The van der Waals surface area contributed by atoms with Crippen LogP contribution in [0.2, 0.25) is 0 Å². The van der Waals surface area contributed by atoms with E-state index in [0.29, 0.717) is 19.4 Å². The highest BCUT2D eigenvalue weighted by atomic mass is 16.5. The molecule has 0 saturated heterocycles. The molecule has 4 nitrogen and oxygen atoms in total. The van der Waals surface area contributed by atoms with E-state index < -0.39 is 11.9 Å². The summed E-state index contributed by atoms with van der Waals surface area (Å²) in [6, 6.07) is 11.5. The quantitative estimate of drug-likeness (QED) is 0.848. The standard InChI is InChI=1S/C16H19NO3/c1-20-14-7-6-11-9-13(5-4-12(11)10-14)15(16(18)19)3-2-8-17/h4-7,9-10,15H,2-3,8,17H2,1H3,(H,18,19)/t15-/m0/s1. The molecule has 2 aromatic rings. The molecule has 0 aliphatic carbocycles. The molecule has 106 valence electrons. The second-order valence-electron chi connectivity index (χ2n) is 4.79. The first-order chi connectivity index (χ1) is 9.65. The van der Waals surface area contributed by atoms with Crippen molar-refractivity contribution in [2.45, 2.75) is 18.8 Å². The number of hydrogen-bond donors (Lipinski definition) is 2. The normalized spacial score (nSPS) is 12.3. The molecule has 0 bridgehead atoms. The lowest BCUT2D eigenvalue weighted by molar-refractivity contribution is -0.139. The van der Waals surface area contributed by atoms with Crippen molar-refractivity contribution in [1.82, 2.24) is 0 Å². The zero-order chi connectivity index (χ0) is 14.5. The van der Waals surface area contributed by atoms with Crippen molar-refractivity contribution in [2.75, 3.05) is 13.7 Å². The number of methoxy groups -OCH3 is 1. The number of hydrogen-bond acceptors (Lipinski definition) is 3. The highest BCUT2D eigenvalue weighted by Crippen LogP contribution is 2.27. The van der Waals surface area contributed by atoms with E-state index in [1.54, 1.807) is 7.11 Å². The molecule has 0 unspecified atom stereocenters. The summed E-state index contributed by atoms with van der Waals surface area (Å²) in [6.07, 6.45) is 1.27. The van der Waals surface area contributed by atoms with E-state index in [9.17, 15) is 9.90 Å². The van der Waals surface area contributed by atoms with Gasteiger partial charge in [-0.05, 0) is 47.9 Å². The fraction of sp³-hybridized carbons (Fsp3) is 0.312. The van der Waals surface area contributed by atoms with Crippen LogP contribution in [-0.2, 0) is 4.79 Å². The van der Waals surface area contributed by atoms with Crippen LogP contribution in [0, 0.1) is 0 Å². The van der Waals surface area contributed by atoms with Crippen LogP contribution in [0.25, 0.3) is 10.8 Å². The van der Waals surface area contributed by atoms with Gasteiger partial charge in [0.1, 0.15) is 5.75 Å². The Balaban J connectivity index is 2.36. The summed E-state index contributed by atoms with van der Waals surface area (Å²) >= 11 is 0. The van der Waals surface area contributed by atoms with Gasteiger partial charge < -0.3 is 15.6 Å². The van der Waals surface area contributed by atoms with E-state index in [1.807, 2.05) is 36.4 Å². The Morgan fingerprint density at radius 3 is 2.60 bits per heavy atom. The van der Waals surface area contributed by atoms with Crippen LogP contribution in [0.5, 0.6) is 5.75 Å². The number of aliphatic carboxylic acids is 1. The van der Waals surface area contributed by atoms with Crippen molar-refractivity contribution in [3.8, 4) is 5.75 Å². The molecule has 0 aromatic heterocycles. The first kappa shape index (κ1) is 14.3. The number of rotatable bonds is 6. The van der Waals surface area contributed by atoms with Crippen molar-refractivity contribution >= 4 is 16.7 Å². The van der Waals surface area contributed by atoms with E-state index in [1.165, 1.54) is 0 Å². The van der Waals surface area contributed by atoms with E-state index in [-0.39, 0.29) is 0 Å². The lowest BCUT2D eigenvalue weighted by Crippen LogP contribution is -2.13. The molecule has 0 saturated carbocycles. The third kappa shape index (κ3) is 3.08. The van der Waals surface area contributed by atoms with E-state index in [0.717, 1.165) is 22.1 Å². The molecule has 0 radical (unpaired) electrons. The van der Waals surface area contributed by atoms with Crippen LogP contribution in [0.1, 0.15) is 24.3 Å². The van der Waals surface area contributed by atoms with Crippen molar-refractivity contribution in [3.05, 3.63) is 42.0 Å². The van der Waals surface area contributed by atoms with E-state index in [2.05, 4.69) is 0 Å². The van der Waals surface area contributed by atoms with Gasteiger partial charge in [0.25, 0.3) is 0 Å². The molecule has 2 rings (SSSR count). The Kier molecular flexibility index (Phi) is 4.58. The zero-order valence-electron chi connectivity index (χ0n) is 11.5. The van der Waals surface area contributed by atoms with Crippen LogP contribution >= 0.6 is 0 Å². The fourth-order valence-electron chi connectivity index (χ4n) is 2.34. The number of carboxylic acids is 1. The maximum Gasteiger partial charge on any atom is 0.310 e. The molecule has 4 heteroatoms. The SMILES string of the molecule is COc1ccc2cc([C@H](CCCN)C(=O)O)ccc2c1. The molecule has 3 N–H and O–H groups in total. The number of carbonyl (C=O) groups is 1. The predicted octanol–water partition coefficient (Wildman–Crippen LogP) is 2.76. The van der Waals surface area contributed by atoms with Crippen molar-refractivity contribution in [3.63, 3.8) is 0 Å². The minimum absolute atomic E-state index is 0.495. The Morgan fingerprint density at radius 2 is 1.95 bits per heavy atom. The molecule has 0 spiro atoms. The molecule has 1 atom stereocenters. The third-order valence-corrected chi connectivity index (χ3v) is 3.47. The smallest absolute Gasteiger partial charge is 0.310 e. The number of benzene rings is 2. The molecular weight excluding hydrogens is 254 g/mol. The van der Waals surface area contributed by atoms with Crippen LogP contribution in [-0.4, -0.2) is 24.7 Å². The lowest BCUT2D eigenvalue weighted by Gasteiger charge is -2.13. The second kappa shape index (κ2) is 6.39. The molecule has 20 heavy (non-hydrogen) atoms. The summed E-state index contributed by atoms with van der Waals surface area (Å²) in [5.41, 5.74) is 6.29. The minimum atomic E-state index is -0.800. The van der Waals surface area contributed by atoms with Gasteiger partial charge >= 0.3 is 5.97 Å². The van der Waals surface area contributed by atoms with Gasteiger partial charge in [0.2, 0.25) is 0 Å². The summed E-state index contributed by atoms with van der Waals surface area (Å²) < 4.78 is 5.18. The first-order valence-electron chi connectivity index (χ1n) is 6.66. The first-order valence-corrected chi connectivity index (χ1v) is 6.66. The van der Waals surface area contributed by atoms with Gasteiger partial charge in [-0.15, -0.1) is 0 Å². The number of nitrogens with two attached hydrogens (primary N) is 1. The van der Waals surface area contributed by atoms with Gasteiger partial charge in [-0.1, -0.05) is 24.3 Å². The van der Waals surface area contributed by atoms with E-state index in [4.69, 9.17) is 10.5 Å². The molecule has 0 aliphatic rings. The zero-order valence-corrected chi connectivity index (χ0v) is 11.5. The van der Waals surface area contributed by atoms with Crippen LogP contribution in [0.15, 0.2) is 36.4 Å². The molecule has 0 heterocycles. The Morgan fingerprint density at radius 1 is 1.25 bits per heavy atom. The number of ether oxygens (including phenoxy) is 1. The third-order valence-electron chi connectivity index (χ3n) is 3.47. The predicted molar refractivity (Wildman–Crippen MR) is 79.2 cm³/mol. The van der Waals surface area contributed by atoms with Gasteiger partial charge in [-0.3, -0.25) is 4.79 Å². The average Bonchev–Trinajstić information content (AvgIpc) is 2.46. The van der Waals surface area contributed by atoms with Crippen LogP contribution in [0.3, 0.4) is 0 Å². The van der Waals surface area contributed by atoms with Gasteiger partial charge in [0.05, 0.1) is 13.0 Å².